The molecule has 1 aromatic heterocycles. The summed E-state index contributed by atoms with van der Waals surface area (Å²) in [6.07, 6.45) is 0. The van der Waals surface area contributed by atoms with Gasteiger partial charge in [-0.05, 0) is 24.3 Å². The van der Waals surface area contributed by atoms with Gasteiger partial charge in [0.1, 0.15) is 4.92 Å². The Labute approximate surface area is 141 Å². The molecular formula is C15H14N4O6. The van der Waals surface area contributed by atoms with Gasteiger partial charge >= 0.3 is 5.88 Å². The fourth-order valence-corrected chi connectivity index (χ4v) is 1.99. The number of nitrogens with zero attached hydrogens (tertiary/aromatic N) is 1. The van der Waals surface area contributed by atoms with Gasteiger partial charge in [-0.3, -0.25) is 24.5 Å². The van der Waals surface area contributed by atoms with Crippen molar-refractivity contribution in [2.45, 2.75) is 0 Å². The van der Waals surface area contributed by atoms with Crippen molar-refractivity contribution in [1.82, 2.24) is 10.6 Å². The van der Waals surface area contributed by atoms with Gasteiger partial charge in [0.15, 0.2) is 5.76 Å². The lowest BCUT2D eigenvalue weighted by Gasteiger charge is -2.09. The Bertz CT molecular complexity index is 823. The Morgan fingerprint density at radius 2 is 1.52 bits per heavy atom. The number of rotatable bonds is 5. The second-order valence-corrected chi connectivity index (χ2v) is 4.81. The highest BCUT2D eigenvalue weighted by atomic mass is 16.6. The van der Waals surface area contributed by atoms with E-state index in [-0.39, 0.29) is 22.6 Å². The highest BCUT2D eigenvalue weighted by Crippen LogP contribution is 2.19. The molecule has 0 fully saturated rings. The van der Waals surface area contributed by atoms with E-state index in [1.807, 2.05) is 0 Å². The van der Waals surface area contributed by atoms with E-state index >= 15 is 0 Å². The molecule has 3 N–H and O–H groups in total. The molecule has 0 bridgehead atoms. The van der Waals surface area contributed by atoms with E-state index in [0.717, 1.165) is 12.1 Å². The van der Waals surface area contributed by atoms with Gasteiger partial charge in [0.2, 0.25) is 0 Å². The smallest absolute Gasteiger partial charge is 0.395 e. The first-order valence-electron chi connectivity index (χ1n) is 7.00. The highest BCUT2D eigenvalue weighted by Gasteiger charge is 2.19. The van der Waals surface area contributed by atoms with Gasteiger partial charge in [-0.1, -0.05) is 0 Å². The fourth-order valence-electron chi connectivity index (χ4n) is 1.99. The molecule has 0 unspecified atom stereocenters. The van der Waals surface area contributed by atoms with Crippen molar-refractivity contribution < 1.29 is 23.7 Å². The molecule has 25 heavy (non-hydrogen) atoms. The number of amides is 3. The molecule has 0 aliphatic carbocycles. The van der Waals surface area contributed by atoms with Crippen LogP contribution in [0.25, 0.3) is 0 Å². The van der Waals surface area contributed by atoms with Crippen LogP contribution in [0.2, 0.25) is 0 Å². The number of hydrogen-bond donors (Lipinski definition) is 3. The molecule has 0 saturated heterocycles. The Kier molecular flexibility index (Phi) is 5.12. The second-order valence-electron chi connectivity index (χ2n) is 4.81. The van der Waals surface area contributed by atoms with Crippen molar-refractivity contribution in [3.8, 4) is 0 Å². The molecule has 130 valence electrons. The van der Waals surface area contributed by atoms with Crippen molar-refractivity contribution in [3.63, 3.8) is 0 Å². The number of nitrogens with one attached hydrogen (secondary N) is 3. The zero-order valence-corrected chi connectivity index (χ0v) is 13.3. The number of benzene rings is 1. The Balaban J connectivity index is 2.33. The van der Waals surface area contributed by atoms with E-state index in [9.17, 15) is 24.5 Å². The van der Waals surface area contributed by atoms with Gasteiger partial charge in [0, 0.05) is 30.9 Å². The zero-order valence-electron chi connectivity index (χ0n) is 13.3. The monoisotopic (exact) mass is 346 g/mol. The molecule has 0 radical (unpaired) electrons. The average molecular weight is 346 g/mol. The van der Waals surface area contributed by atoms with Crippen molar-refractivity contribution in [3.05, 3.63) is 57.3 Å². The zero-order chi connectivity index (χ0) is 18.6. The Hall–Kier alpha value is -3.69. The fraction of sp³-hybridized carbons (Fsp3) is 0.133. The van der Waals surface area contributed by atoms with Gasteiger partial charge in [-0.25, -0.2) is 0 Å². The molecule has 2 rings (SSSR count). The van der Waals surface area contributed by atoms with Crippen LogP contribution in [0.1, 0.15) is 31.3 Å². The number of carbonyl (C=O) groups excluding carboxylic acids is 3. The molecule has 1 heterocycles. The largest absolute Gasteiger partial charge is 0.433 e. The first kappa shape index (κ1) is 17.7. The number of nitro groups is 1. The van der Waals surface area contributed by atoms with Crippen LogP contribution in [0.3, 0.4) is 0 Å². The molecular weight excluding hydrogens is 332 g/mol. The number of anilines is 1. The summed E-state index contributed by atoms with van der Waals surface area (Å²) < 4.78 is 4.81. The molecule has 10 heteroatoms. The standard InChI is InChI=1S/C15H14N4O6/c1-16-13(20)8-5-9(14(21)17-2)7-10(6-8)18-15(22)11-3-4-12(25-11)19(23)24/h3-7H,1-2H3,(H,16,20)(H,17,21)(H,18,22). The quantitative estimate of drug-likeness (QED) is 0.547. The molecule has 0 spiro atoms. The first-order valence-corrected chi connectivity index (χ1v) is 7.00. The average Bonchev–Trinajstić information content (AvgIpc) is 3.10. The van der Waals surface area contributed by atoms with Crippen LogP contribution in [-0.2, 0) is 0 Å². The van der Waals surface area contributed by atoms with Crippen LogP contribution in [0.5, 0.6) is 0 Å². The normalized spacial score (nSPS) is 10.0. The lowest BCUT2D eigenvalue weighted by molar-refractivity contribution is -0.402. The summed E-state index contributed by atoms with van der Waals surface area (Å²) in [6.45, 7) is 0. The third kappa shape index (κ3) is 3.99. The summed E-state index contributed by atoms with van der Waals surface area (Å²) >= 11 is 0. The van der Waals surface area contributed by atoms with Gasteiger partial charge in [0.05, 0.1) is 6.07 Å². The predicted molar refractivity (Wildman–Crippen MR) is 86.5 cm³/mol. The van der Waals surface area contributed by atoms with E-state index in [1.165, 1.54) is 32.3 Å². The summed E-state index contributed by atoms with van der Waals surface area (Å²) in [5.74, 6) is -2.51. The summed E-state index contributed by atoms with van der Waals surface area (Å²) in [5.41, 5.74) is 0.470. The maximum Gasteiger partial charge on any atom is 0.433 e. The molecule has 0 aliphatic rings. The summed E-state index contributed by atoms with van der Waals surface area (Å²) in [5, 5.41) is 17.9. The molecule has 3 amide bonds. The maximum atomic E-state index is 12.1. The second kappa shape index (κ2) is 7.25. The topological polar surface area (TPSA) is 144 Å². The predicted octanol–water partition coefficient (Wildman–Crippen LogP) is 1.16. The van der Waals surface area contributed by atoms with E-state index in [2.05, 4.69) is 16.0 Å². The molecule has 10 nitrogen and oxygen atoms in total. The van der Waals surface area contributed by atoms with Gasteiger partial charge in [0.25, 0.3) is 17.7 Å². The maximum absolute atomic E-state index is 12.1. The molecule has 0 saturated carbocycles. The number of carbonyl (C=O) groups is 3. The molecule has 2 aromatic rings. The minimum atomic E-state index is -0.771. The SMILES string of the molecule is CNC(=O)c1cc(NC(=O)c2ccc([N+](=O)[O-])o2)cc(C(=O)NC)c1. The van der Waals surface area contributed by atoms with Crippen molar-refractivity contribution in [1.29, 1.82) is 0 Å². The van der Waals surface area contributed by atoms with E-state index in [4.69, 9.17) is 4.42 Å². The van der Waals surface area contributed by atoms with Crippen molar-refractivity contribution in [2.24, 2.45) is 0 Å². The van der Waals surface area contributed by atoms with Gasteiger partial charge in [-0.15, -0.1) is 0 Å². The minimum absolute atomic E-state index is 0.156. The van der Waals surface area contributed by atoms with Crippen LogP contribution in [0.4, 0.5) is 11.6 Å². The van der Waals surface area contributed by atoms with Crippen molar-refractivity contribution >= 4 is 29.3 Å². The lowest BCUT2D eigenvalue weighted by atomic mass is 10.1. The van der Waals surface area contributed by atoms with Gasteiger partial charge in [-0.2, -0.15) is 0 Å². The third-order valence-corrected chi connectivity index (χ3v) is 3.16. The Morgan fingerprint density at radius 3 is 1.96 bits per heavy atom. The third-order valence-electron chi connectivity index (χ3n) is 3.16. The van der Waals surface area contributed by atoms with E-state index in [0.29, 0.717) is 0 Å². The summed E-state index contributed by atoms with van der Waals surface area (Å²) in [6, 6.07) is 6.29. The first-order chi connectivity index (χ1) is 11.8. The minimum Gasteiger partial charge on any atom is -0.395 e. The molecule has 0 atom stereocenters. The van der Waals surface area contributed by atoms with Gasteiger partial charge < -0.3 is 20.4 Å². The van der Waals surface area contributed by atoms with E-state index in [1.54, 1.807) is 0 Å². The van der Waals surface area contributed by atoms with Crippen LogP contribution in [0, 0.1) is 10.1 Å². The summed E-state index contributed by atoms with van der Waals surface area (Å²) in [7, 11) is 2.85. The van der Waals surface area contributed by atoms with Crippen LogP contribution in [0.15, 0.2) is 34.7 Å². The Morgan fingerprint density at radius 1 is 0.960 bits per heavy atom. The molecule has 0 aliphatic heterocycles. The van der Waals surface area contributed by atoms with Crippen LogP contribution in [-0.4, -0.2) is 36.7 Å². The summed E-state index contributed by atoms with van der Waals surface area (Å²) in [4.78, 5) is 45.6. The number of hydrogen-bond acceptors (Lipinski definition) is 6. The van der Waals surface area contributed by atoms with E-state index < -0.39 is 28.5 Å². The highest BCUT2D eigenvalue weighted by molar-refractivity contribution is 6.05. The van der Waals surface area contributed by atoms with Crippen molar-refractivity contribution in [2.75, 3.05) is 19.4 Å². The number of furan rings is 1. The lowest BCUT2D eigenvalue weighted by Crippen LogP contribution is -2.22. The van der Waals surface area contributed by atoms with Crippen LogP contribution < -0.4 is 16.0 Å². The van der Waals surface area contributed by atoms with Crippen LogP contribution >= 0.6 is 0 Å². The molecule has 1 aromatic carbocycles.